The van der Waals surface area contributed by atoms with E-state index in [1.165, 1.54) is 11.3 Å². The average molecular weight is 208 g/mol. The number of nitrogens with two attached hydrogens (primary N) is 2. The summed E-state index contributed by atoms with van der Waals surface area (Å²) in [6, 6.07) is 0. The molecule has 2 aromatic heterocycles. The van der Waals surface area contributed by atoms with E-state index in [9.17, 15) is 4.79 Å². The van der Waals surface area contributed by atoms with Crippen LogP contribution in [0.1, 0.15) is 15.4 Å². The molecule has 2 aromatic rings. The Morgan fingerprint density at radius 2 is 2.29 bits per heavy atom. The van der Waals surface area contributed by atoms with Crippen LogP contribution in [0.3, 0.4) is 0 Å². The van der Waals surface area contributed by atoms with E-state index in [0.29, 0.717) is 20.9 Å². The lowest BCUT2D eigenvalue weighted by Crippen LogP contribution is -2.10. The quantitative estimate of drug-likeness (QED) is 0.720. The maximum absolute atomic E-state index is 11.0. The molecular formula is C8H8N4OS. The molecule has 0 spiro atoms. The minimum absolute atomic E-state index is 0.324. The van der Waals surface area contributed by atoms with E-state index in [-0.39, 0.29) is 0 Å². The number of hydrogen-bond donors (Lipinski definition) is 2. The van der Waals surface area contributed by atoms with Crippen LogP contribution in [0.15, 0.2) is 6.20 Å². The Morgan fingerprint density at radius 3 is 2.93 bits per heavy atom. The first-order chi connectivity index (χ1) is 6.59. The number of primary amides is 1. The van der Waals surface area contributed by atoms with E-state index >= 15 is 0 Å². The fourth-order valence-electron chi connectivity index (χ4n) is 1.15. The molecular weight excluding hydrogens is 200 g/mol. The van der Waals surface area contributed by atoms with Crippen molar-refractivity contribution < 1.29 is 4.79 Å². The van der Waals surface area contributed by atoms with Gasteiger partial charge in [-0.2, -0.15) is 0 Å². The van der Waals surface area contributed by atoms with Crippen LogP contribution in [0.4, 0.5) is 5.69 Å². The minimum atomic E-state index is -0.537. The van der Waals surface area contributed by atoms with E-state index < -0.39 is 5.91 Å². The van der Waals surface area contributed by atoms with Crippen molar-refractivity contribution in [3.05, 3.63) is 16.8 Å². The highest BCUT2D eigenvalue weighted by Crippen LogP contribution is 2.30. The number of aryl methyl sites for hydroxylation is 1. The molecule has 0 saturated carbocycles. The lowest BCUT2D eigenvalue weighted by molar-refractivity contribution is 0.100. The van der Waals surface area contributed by atoms with Crippen LogP contribution in [0.25, 0.3) is 10.3 Å². The first-order valence-electron chi connectivity index (χ1n) is 3.91. The van der Waals surface area contributed by atoms with E-state index in [2.05, 4.69) is 9.97 Å². The summed E-state index contributed by atoms with van der Waals surface area (Å²) in [5.74, 6) is -0.537. The molecule has 0 aromatic carbocycles. The molecule has 1 amide bonds. The van der Waals surface area contributed by atoms with Gasteiger partial charge in [-0.05, 0) is 6.92 Å². The summed E-state index contributed by atoms with van der Waals surface area (Å²) in [5.41, 5.74) is 12.5. The van der Waals surface area contributed by atoms with Gasteiger partial charge < -0.3 is 11.5 Å². The van der Waals surface area contributed by atoms with Gasteiger partial charge in [0.25, 0.3) is 5.91 Å². The summed E-state index contributed by atoms with van der Waals surface area (Å²) >= 11 is 1.17. The van der Waals surface area contributed by atoms with Gasteiger partial charge in [-0.25, -0.2) is 9.97 Å². The van der Waals surface area contributed by atoms with E-state index in [1.54, 1.807) is 6.20 Å². The fraction of sp³-hybridized carbons (Fsp3) is 0.125. The largest absolute Gasteiger partial charge is 0.396 e. The Bertz CT molecular complexity index is 519. The number of carbonyl (C=O) groups is 1. The Kier molecular flexibility index (Phi) is 1.85. The van der Waals surface area contributed by atoms with Crippen LogP contribution < -0.4 is 11.5 Å². The highest BCUT2D eigenvalue weighted by Gasteiger charge is 2.15. The standard InChI is InChI=1S/C8H8N4OS/c1-3-2-11-5-4(9)6(7(10)13)14-8(5)12-3/h2H,9H2,1H3,(H2,10,13). The van der Waals surface area contributed by atoms with Crippen LogP contribution in [0.2, 0.25) is 0 Å². The van der Waals surface area contributed by atoms with Crippen LogP contribution >= 0.6 is 11.3 Å². The molecule has 4 N–H and O–H groups in total. The van der Waals surface area contributed by atoms with Gasteiger partial charge >= 0.3 is 0 Å². The second-order valence-corrected chi connectivity index (χ2v) is 3.87. The van der Waals surface area contributed by atoms with Crippen molar-refractivity contribution in [3.8, 4) is 0 Å². The molecule has 2 rings (SSSR count). The first kappa shape index (κ1) is 8.89. The van der Waals surface area contributed by atoms with Crippen LogP contribution in [0.5, 0.6) is 0 Å². The van der Waals surface area contributed by atoms with Gasteiger partial charge in [-0.15, -0.1) is 11.3 Å². The molecule has 72 valence electrons. The van der Waals surface area contributed by atoms with Crippen LogP contribution in [-0.4, -0.2) is 15.9 Å². The van der Waals surface area contributed by atoms with Crippen molar-refractivity contribution in [2.75, 3.05) is 5.73 Å². The predicted molar refractivity (Wildman–Crippen MR) is 55.1 cm³/mol. The highest BCUT2D eigenvalue weighted by atomic mass is 32.1. The number of carbonyl (C=O) groups excluding carboxylic acids is 1. The summed E-state index contributed by atoms with van der Waals surface area (Å²) in [4.78, 5) is 20.3. The van der Waals surface area contributed by atoms with Gasteiger partial charge in [-0.1, -0.05) is 0 Å². The van der Waals surface area contributed by atoms with Crippen molar-refractivity contribution in [3.63, 3.8) is 0 Å². The monoisotopic (exact) mass is 208 g/mol. The summed E-state index contributed by atoms with van der Waals surface area (Å²) in [7, 11) is 0. The number of rotatable bonds is 1. The van der Waals surface area contributed by atoms with Crippen molar-refractivity contribution in [2.24, 2.45) is 5.73 Å². The van der Waals surface area contributed by atoms with Gasteiger partial charge in [0.15, 0.2) is 0 Å². The third-order valence-electron chi connectivity index (χ3n) is 1.78. The van der Waals surface area contributed by atoms with Crippen molar-refractivity contribution >= 4 is 33.3 Å². The Morgan fingerprint density at radius 1 is 1.57 bits per heavy atom. The minimum Gasteiger partial charge on any atom is -0.396 e. The van der Waals surface area contributed by atoms with E-state index in [1.807, 2.05) is 6.92 Å². The zero-order chi connectivity index (χ0) is 10.3. The number of thiophene rings is 1. The average Bonchev–Trinajstić information content (AvgIpc) is 2.43. The second-order valence-electron chi connectivity index (χ2n) is 2.87. The number of anilines is 1. The number of nitrogen functional groups attached to an aromatic ring is 1. The molecule has 5 nitrogen and oxygen atoms in total. The van der Waals surface area contributed by atoms with Crippen molar-refractivity contribution in [2.45, 2.75) is 6.92 Å². The molecule has 0 aliphatic rings. The molecule has 6 heteroatoms. The Labute approximate surface area is 83.8 Å². The van der Waals surface area contributed by atoms with Gasteiger partial charge in [0, 0.05) is 6.20 Å². The van der Waals surface area contributed by atoms with E-state index in [4.69, 9.17) is 11.5 Å². The van der Waals surface area contributed by atoms with Gasteiger partial charge in [-0.3, -0.25) is 4.79 Å². The zero-order valence-electron chi connectivity index (χ0n) is 7.44. The lowest BCUT2D eigenvalue weighted by atomic mass is 10.3. The highest BCUT2D eigenvalue weighted by molar-refractivity contribution is 7.21. The lowest BCUT2D eigenvalue weighted by Gasteiger charge is -1.92. The normalized spacial score (nSPS) is 10.6. The SMILES string of the molecule is Cc1cnc2c(N)c(C(N)=O)sc2n1. The number of hydrogen-bond acceptors (Lipinski definition) is 5. The number of fused-ring (bicyclic) bond motifs is 1. The third kappa shape index (κ3) is 1.20. The smallest absolute Gasteiger partial charge is 0.261 e. The van der Waals surface area contributed by atoms with Crippen molar-refractivity contribution in [1.29, 1.82) is 0 Å². The van der Waals surface area contributed by atoms with Gasteiger partial charge in [0.2, 0.25) is 0 Å². The summed E-state index contributed by atoms with van der Waals surface area (Å²) < 4.78 is 0. The number of nitrogens with zero attached hydrogens (tertiary/aromatic N) is 2. The number of aromatic nitrogens is 2. The molecule has 0 saturated heterocycles. The first-order valence-corrected chi connectivity index (χ1v) is 4.72. The number of amides is 1. The maximum Gasteiger partial charge on any atom is 0.261 e. The summed E-state index contributed by atoms with van der Waals surface area (Å²) in [6.45, 7) is 1.83. The Balaban J connectivity index is 2.79. The van der Waals surface area contributed by atoms with Gasteiger partial charge in [0.05, 0.1) is 11.4 Å². The molecule has 2 heterocycles. The molecule has 0 fully saturated rings. The van der Waals surface area contributed by atoms with Crippen LogP contribution in [-0.2, 0) is 0 Å². The molecule has 0 radical (unpaired) electrons. The van der Waals surface area contributed by atoms with Crippen molar-refractivity contribution in [1.82, 2.24) is 9.97 Å². The molecule has 0 unspecified atom stereocenters. The maximum atomic E-state index is 11.0. The summed E-state index contributed by atoms with van der Waals surface area (Å²) in [5, 5.41) is 0. The molecule has 14 heavy (non-hydrogen) atoms. The third-order valence-corrected chi connectivity index (χ3v) is 2.89. The molecule has 0 aliphatic heterocycles. The Hall–Kier alpha value is -1.69. The van der Waals surface area contributed by atoms with Crippen LogP contribution in [0, 0.1) is 6.92 Å². The summed E-state index contributed by atoms with van der Waals surface area (Å²) in [6.07, 6.45) is 1.61. The molecule has 0 atom stereocenters. The van der Waals surface area contributed by atoms with Gasteiger partial charge in [0.1, 0.15) is 15.2 Å². The van der Waals surface area contributed by atoms with E-state index in [0.717, 1.165) is 5.69 Å². The topological polar surface area (TPSA) is 94.9 Å². The molecule has 0 bridgehead atoms. The zero-order valence-corrected chi connectivity index (χ0v) is 8.26. The molecule has 0 aliphatic carbocycles. The predicted octanol–water partition coefficient (Wildman–Crippen LogP) is 0.681. The second kappa shape index (κ2) is 2.91. The fourth-order valence-corrected chi connectivity index (χ4v) is 2.10.